The molecule has 6 heteroatoms. The second-order valence-electron chi connectivity index (χ2n) is 6.54. The van der Waals surface area contributed by atoms with Gasteiger partial charge in [-0.25, -0.2) is 4.79 Å². The molecule has 0 radical (unpaired) electrons. The zero-order valence-electron chi connectivity index (χ0n) is 15.9. The van der Waals surface area contributed by atoms with Crippen molar-refractivity contribution in [2.45, 2.75) is 6.92 Å². The van der Waals surface area contributed by atoms with Crippen LogP contribution in [0.5, 0.6) is 0 Å². The van der Waals surface area contributed by atoms with Gasteiger partial charge in [0.1, 0.15) is 18.1 Å². The van der Waals surface area contributed by atoms with Crippen molar-refractivity contribution in [2.75, 3.05) is 18.5 Å². The van der Waals surface area contributed by atoms with E-state index >= 15 is 0 Å². The molecule has 0 aliphatic carbocycles. The number of esters is 1. The number of hydrogen-bond acceptors (Lipinski definition) is 4. The van der Waals surface area contributed by atoms with Crippen LogP contribution in [0.3, 0.4) is 0 Å². The average molecular weight is 388 g/mol. The van der Waals surface area contributed by atoms with Crippen molar-refractivity contribution < 1.29 is 19.1 Å². The molecule has 29 heavy (non-hydrogen) atoms. The summed E-state index contributed by atoms with van der Waals surface area (Å²) in [4.78, 5) is 27.5. The highest BCUT2D eigenvalue weighted by Gasteiger charge is 2.16. The first-order valence-electron chi connectivity index (χ1n) is 9.34. The number of fused-ring (bicyclic) bond motifs is 1. The number of carbonyl (C=O) groups excluding carboxylic acids is 2. The number of anilines is 1. The minimum Gasteiger partial charge on any atom is -0.488 e. The van der Waals surface area contributed by atoms with Crippen molar-refractivity contribution >= 4 is 34.2 Å². The van der Waals surface area contributed by atoms with Crippen LogP contribution in [0, 0.1) is 0 Å². The van der Waals surface area contributed by atoms with Gasteiger partial charge in [0.15, 0.2) is 0 Å². The summed E-state index contributed by atoms with van der Waals surface area (Å²) in [6, 6.07) is 16.9. The average Bonchev–Trinajstić information content (AvgIpc) is 3.18. The molecule has 4 rings (SSSR count). The third kappa shape index (κ3) is 4.06. The highest BCUT2D eigenvalue weighted by molar-refractivity contribution is 6.05. The maximum atomic E-state index is 12.6. The van der Waals surface area contributed by atoms with E-state index in [9.17, 15) is 9.59 Å². The van der Waals surface area contributed by atoms with Gasteiger partial charge in [0.25, 0.3) is 5.91 Å². The Morgan fingerprint density at radius 3 is 2.66 bits per heavy atom. The van der Waals surface area contributed by atoms with Gasteiger partial charge in [-0.15, -0.1) is 0 Å². The van der Waals surface area contributed by atoms with Gasteiger partial charge in [0.2, 0.25) is 0 Å². The van der Waals surface area contributed by atoms with Crippen LogP contribution in [0.15, 0.2) is 72.3 Å². The van der Waals surface area contributed by atoms with E-state index in [2.05, 4.69) is 10.3 Å². The number of allylic oxidation sites excluding steroid dienone is 2. The van der Waals surface area contributed by atoms with Crippen LogP contribution in [0.25, 0.3) is 16.7 Å². The number of aromatic nitrogens is 1. The summed E-state index contributed by atoms with van der Waals surface area (Å²) in [7, 11) is 0. The van der Waals surface area contributed by atoms with Crippen LogP contribution in [0.1, 0.15) is 23.0 Å². The maximum Gasteiger partial charge on any atom is 0.354 e. The van der Waals surface area contributed by atoms with Crippen molar-refractivity contribution in [3.63, 3.8) is 0 Å². The van der Waals surface area contributed by atoms with Gasteiger partial charge in [0, 0.05) is 22.2 Å². The van der Waals surface area contributed by atoms with Gasteiger partial charge >= 0.3 is 5.97 Å². The van der Waals surface area contributed by atoms with Gasteiger partial charge in [-0.3, -0.25) is 4.79 Å². The van der Waals surface area contributed by atoms with Gasteiger partial charge in [-0.2, -0.15) is 0 Å². The zero-order chi connectivity index (χ0) is 20.2. The van der Waals surface area contributed by atoms with Gasteiger partial charge in [-0.05, 0) is 43.3 Å². The van der Waals surface area contributed by atoms with Crippen molar-refractivity contribution in [1.82, 2.24) is 4.98 Å². The third-order valence-corrected chi connectivity index (χ3v) is 4.54. The van der Waals surface area contributed by atoms with Crippen LogP contribution in [0.4, 0.5) is 5.69 Å². The number of rotatable bonds is 5. The standard InChI is InChI=1S/C23H20N2O4/c1-2-28-23(27)20-13-17-12-18(9-10-19(17)25-20)24-22(26)16-8-11-21(29-14-16)15-6-4-3-5-7-15/h3-13,25H,2,14H2,1H3,(H,24,26). The SMILES string of the molecule is CCOC(=O)c1cc2cc(NC(=O)C3=CC=C(c4ccccc4)OC3)ccc2[nH]1. The predicted molar refractivity (Wildman–Crippen MR) is 111 cm³/mol. The molecule has 0 saturated heterocycles. The number of nitrogens with one attached hydrogen (secondary N) is 2. The van der Waals surface area contributed by atoms with Crippen molar-refractivity contribution in [2.24, 2.45) is 0 Å². The number of ether oxygens (including phenoxy) is 2. The molecule has 2 N–H and O–H groups in total. The summed E-state index contributed by atoms with van der Waals surface area (Å²) in [5.74, 6) is 0.107. The van der Waals surface area contributed by atoms with Crippen LogP contribution in [-0.4, -0.2) is 30.1 Å². The molecule has 146 valence electrons. The largest absolute Gasteiger partial charge is 0.488 e. The van der Waals surface area contributed by atoms with Gasteiger partial charge in [0.05, 0.1) is 12.2 Å². The van der Waals surface area contributed by atoms with Crippen molar-refractivity contribution in [1.29, 1.82) is 0 Å². The molecule has 0 spiro atoms. The predicted octanol–water partition coefficient (Wildman–Crippen LogP) is 4.28. The lowest BCUT2D eigenvalue weighted by molar-refractivity contribution is -0.113. The Bertz CT molecular complexity index is 1130. The molecule has 1 aliphatic rings. The van der Waals surface area contributed by atoms with Crippen LogP contribution >= 0.6 is 0 Å². The monoisotopic (exact) mass is 388 g/mol. The molecule has 1 aliphatic heterocycles. The molecular formula is C23H20N2O4. The molecule has 0 bridgehead atoms. The maximum absolute atomic E-state index is 12.6. The van der Waals surface area contributed by atoms with Crippen molar-refractivity contribution in [3.8, 4) is 0 Å². The Labute approximate surface area is 167 Å². The van der Waals surface area contributed by atoms with Gasteiger partial charge < -0.3 is 19.8 Å². The Morgan fingerprint density at radius 2 is 1.93 bits per heavy atom. The summed E-state index contributed by atoms with van der Waals surface area (Å²) < 4.78 is 10.7. The highest BCUT2D eigenvalue weighted by atomic mass is 16.5. The molecule has 0 fully saturated rings. The summed E-state index contributed by atoms with van der Waals surface area (Å²) in [5.41, 5.74) is 3.31. The third-order valence-electron chi connectivity index (χ3n) is 4.54. The Balaban J connectivity index is 1.48. The second-order valence-corrected chi connectivity index (χ2v) is 6.54. The highest BCUT2D eigenvalue weighted by Crippen LogP contribution is 2.23. The molecule has 1 amide bonds. The topological polar surface area (TPSA) is 80.4 Å². The van der Waals surface area contributed by atoms with Gasteiger partial charge in [-0.1, -0.05) is 30.3 Å². The van der Waals surface area contributed by atoms with Crippen LogP contribution in [-0.2, 0) is 14.3 Å². The first-order valence-corrected chi connectivity index (χ1v) is 9.34. The number of aromatic amines is 1. The Kier molecular flexibility index (Phi) is 5.16. The molecule has 2 heterocycles. The molecule has 2 aromatic carbocycles. The van der Waals surface area contributed by atoms with E-state index < -0.39 is 5.97 Å². The lowest BCUT2D eigenvalue weighted by Gasteiger charge is -2.16. The fraction of sp³-hybridized carbons (Fsp3) is 0.130. The van der Waals surface area contributed by atoms with E-state index in [4.69, 9.17) is 9.47 Å². The van der Waals surface area contributed by atoms with E-state index in [1.807, 2.05) is 42.5 Å². The number of benzene rings is 2. The number of amides is 1. The van der Waals surface area contributed by atoms with E-state index in [1.165, 1.54) is 0 Å². The smallest absolute Gasteiger partial charge is 0.354 e. The quantitative estimate of drug-likeness (QED) is 0.639. The zero-order valence-corrected chi connectivity index (χ0v) is 15.9. The first kappa shape index (κ1) is 18.6. The molecule has 0 atom stereocenters. The summed E-state index contributed by atoms with van der Waals surface area (Å²) >= 11 is 0. The lowest BCUT2D eigenvalue weighted by atomic mass is 10.1. The van der Waals surface area contributed by atoms with E-state index in [1.54, 1.807) is 31.2 Å². The van der Waals surface area contributed by atoms with Crippen LogP contribution in [0.2, 0.25) is 0 Å². The molecule has 3 aromatic rings. The Hall–Kier alpha value is -3.80. The van der Waals surface area contributed by atoms with E-state index in [0.29, 0.717) is 23.6 Å². The molecule has 0 saturated carbocycles. The second kappa shape index (κ2) is 8.06. The molecule has 1 aromatic heterocycles. The number of H-pyrrole nitrogens is 1. The Morgan fingerprint density at radius 1 is 1.10 bits per heavy atom. The minimum atomic E-state index is -0.403. The first-order chi connectivity index (χ1) is 14.1. The molecule has 0 unspecified atom stereocenters. The summed E-state index contributed by atoms with van der Waals surface area (Å²) in [5, 5.41) is 3.69. The summed E-state index contributed by atoms with van der Waals surface area (Å²) in [6.07, 6.45) is 3.57. The van der Waals surface area contributed by atoms with E-state index in [0.717, 1.165) is 22.2 Å². The van der Waals surface area contributed by atoms with Crippen LogP contribution < -0.4 is 5.32 Å². The fourth-order valence-electron chi connectivity index (χ4n) is 3.09. The van der Waals surface area contributed by atoms with E-state index in [-0.39, 0.29) is 12.5 Å². The summed E-state index contributed by atoms with van der Waals surface area (Å²) in [6.45, 7) is 2.27. The fourth-order valence-corrected chi connectivity index (χ4v) is 3.09. The molecule has 6 nitrogen and oxygen atoms in total. The minimum absolute atomic E-state index is 0.200. The lowest BCUT2D eigenvalue weighted by Crippen LogP contribution is -2.19. The number of carbonyl (C=O) groups is 2. The van der Waals surface area contributed by atoms with Crippen molar-refractivity contribution in [3.05, 3.63) is 83.6 Å². The number of hydrogen-bond donors (Lipinski definition) is 2. The molecular weight excluding hydrogens is 368 g/mol. The normalized spacial score (nSPS) is 13.3.